The lowest BCUT2D eigenvalue weighted by Crippen LogP contribution is -2.52. The van der Waals surface area contributed by atoms with Gasteiger partial charge in [-0.3, -0.25) is 14.7 Å². The summed E-state index contributed by atoms with van der Waals surface area (Å²) in [4.78, 5) is 20.6. The monoisotopic (exact) mass is 793 g/mol. The third-order valence-electron chi connectivity index (χ3n) is 11.1. The highest BCUT2D eigenvalue weighted by Gasteiger charge is 2.49. The molecule has 0 bridgehead atoms. The molecular formula is C42H52ClN3O8S. The molecule has 1 aliphatic carbocycles. The predicted molar refractivity (Wildman–Crippen MR) is 212 cm³/mol. The molecular weight excluding hydrogens is 742 g/mol. The topological polar surface area (TPSA) is 139 Å². The lowest BCUT2D eigenvalue weighted by atomic mass is 9.65. The largest absolute Gasteiger partial charge is 0.488 e. The van der Waals surface area contributed by atoms with E-state index in [0.717, 1.165) is 56.2 Å². The number of pyridine rings is 1. The van der Waals surface area contributed by atoms with E-state index in [2.05, 4.69) is 48.0 Å². The van der Waals surface area contributed by atoms with Crippen LogP contribution in [0.25, 0.3) is 5.57 Å². The smallest absolute Gasteiger partial charge is 0.320 e. The standard InChI is InChI=1S/C42H52ClN3O8S/c1-41(2)35(31-11-5-4-6-12-31)13-9-16-42(41,54-20-10-17-45-19-15-33(47)27-45)29-53-39-23-38(52-28-30-21-34(25-44-24-30)55(3,50)51)32(22-36(39)43)26-46-18-8-7-14-37(46)40(48)49/h4-6,9,11-13,16,21-25,33,37,47H,7-8,10,14-15,17-20,26-29H2,1-3H3,(H,48,49)/t33-,37-,42?/m0/s1. The van der Waals surface area contributed by atoms with Crippen LogP contribution in [0.3, 0.4) is 0 Å². The van der Waals surface area contributed by atoms with Crippen LogP contribution in [-0.2, 0) is 32.5 Å². The first-order valence-electron chi connectivity index (χ1n) is 18.9. The SMILES string of the molecule is CC1(C)C(c2ccccc2)=CC=CC1(COc1cc(OCc2cncc(S(C)(=O)=O)c2)c(CN2CCCC[C@H]2C(=O)O)cc1Cl)OCCCN1CC[C@H](O)C1. The van der Waals surface area contributed by atoms with E-state index in [1.54, 1.807) is 18.3 Å². The molecule has 1 aromatic heterocycles. The molecule has 11 nitrogen and oxygen atoms in total. The average molecular weight is 794 g/mol. The number of aliphatic hydroxyl groups is 1. The zero-order chi connectivity index (χ0) is 39.2. The number of hydrogen-bond donors (Lipinski definition) is 2. The highest BCUT2D eigenvalue weighted by Crippen LogP contribution is 2.49. The number of halogens is 1. The van der Waals surface area contributed by atoms with E-state index in [1.807, 2.05) is 29.2 Å². The summed E-state index contributed by atoms with van der Waals surface area (Å²) in [5, 5.41) is 20.3. The zero-order valence-electron chi connectivity index (χ0n) is 31.8. The number of allylic oxidation sites excluding steroid dienone is 2. The molecule has 0 saturated carbocycles. The van der Waals surface area contributed by atoms with Crippen LogP contribution in [0.5, 0.6) is 11.5 Å². The van der Waals surface area contributed by atoms with Crippen LogP contribution in [0.15, 0.2) is 84.0 Å². The Labute approximate surface area is 329 Å². The van der Waals surface area contributed by atoms with Gasteiger partial charge in [-0.2, -0.15) is 0 Å². The number of piperidine rings is 1. The van der Waals surface area contributed by atoms with Gasteiger partial charge in [0, 0.05) is 74.0 Å². The first kappa shape index (κ1) is 40.9. The van der Waals surface area contributed by atoms with Gasteiger partial charge in [-0.05, 0) is 61.6 Å². The molecule has 2 aliphatic heterocycles. The number of hydrogen-bond acceptors (Lipinski definition) is 10. The van der Waals surface area contributed by atoms with Crippen molar-refractivity contribution >= 4 is 33.0 Å². The number of aliphatic carboxylic acids is 1. The molecule has 296 valence electrons. The number of likely N-dealkylation sites (tertiary alicyclic amines) is 2. The minimum atomic E-state index is -3.48. The average Bonchev–Trinajstić information content (AvgIpc) is 3.58. The number of nitrogens with zero attached hydrogens (tertiary/aromatic N) is 3. The van der Waals surface area contributed by atoms with Crippen molar-refractivity contribution in [2.45, 2.75) is 81.7 Å². The Kier molecular flexibility index (Phi) is 13.1. The maximum atomic E-state index is 12.2. The normalized spacial score (nSPS) is 23.0. The van der Waals surface area contributed by atoms with Gasteiger partial charge in [-0.25, -0.2) is 8.42 Å². The molecule has 2 saturated heterocycles. The minimum absolute atomic E-state index is 0.00881. The van der Waals surface area contributed by atoms with Crippen LogP contribution >= 0.6 is 11.6 Å². The van der Waals surface area contributed by atoms with Gasteiger partial charge in [0.25, 0.3) is 0 Å². The van der Waals surface area contributed by atoms with Gasteiger partial charge in [0.15, 0.2) is 9.84 Å². The second-order valence-electron chi connectivity index (χ2n) is 15.4. The van der Waals surface area contributed by atoms with Crippen LogP contribution in [0.1, 0.15) is 62.6 Å². The molecule has 0 spiro atoms. The molecule has 55 heavy (non-hydrogen) atoms. The van der Waals surface area contributed by atoms with Gasteiger partial charge in [-0.1, -0.05) is 74.4 Å². The number of rotatable bonds is 16. The van der Waals surface area contributed by atoms with E-state index in [1.165, 1.54) is 12.3 Å². The number of ether oxygens (including phenoxy) is 3. The second-order valence-corrected chi connectivity index (χ2v) is 17.8. The van der Waals surface area contributed by atoms with E-state index in [-0.39, 0.29) is 30.8 Å². The summed E-state index contributed by atoms with van der Waals surface area (Å²) in [6.07, 6.45) is 13.7. The van der Waals surface area contributed by atoms with Gasteiger partial charge in [0.1, 0.15) is 36.4 Å². The Hall–Kier alpha value is -3.78. The lowest BCUT2D eigenvalue weighted by Gasteiger charge is -2.47. The molecule has 3 aliphatic rings. The molecule has 6 rings (SSSR count). The van der Waals surface area contributed by atoms with E-state index >= 15 is 0 Å². The summed E-state index contributed by atoms with van der Waals surface area (Å²) >= 11 is 6.99. The Morgan fingerprint density at radius 1 is 1.04 bits per heavy atom. The predicted octanol–water partition coefficient (Wildman–Crippen LogP) is 6.43. The zero-order valence-corrected chi connectivity index (χ0v) is 33.4. The van der Waals surface area contributed by atoms with E-state index in [4.69, 9.17) is 25.8 Å². The number of carbonyl (C=O) groups is 1. The molecule has 0 radical (unpaired) electrons. The highest BCUT2D eigenvalue weighted by atomic mass is 35.5. The van der Waals surface area contributed by atoms with E-state index in [9.17, 15) is 23.4 Å². The Morgan fingerprint density at radius 3 is 2.56 bits per heavy atom. The number of β-amino-alcohol motifs (C(OH)–C–C–N with tert-alkyl or cyclic N) is 1. The van der Waals surface area contributed by atoms with Crippen LogP contribution in [0, 0.1) is 5.41 Å². The molecule has 3 atom stereocenters. The number of carboxylic acid groups (broad SMARTS) is 1. The molecule has 3 heterocycles. The molecule has 2 N–H and O–H groups in total. The van der Waals surface area contributed by atoms with Crippen molar-refractivity contribution in [3.05, 3.63) is 101 Å². The number of aromatic nitrogens is 1. The maximum absolute atomic E-state index is 12.2. The quantitative estimate of drug-likeness (QED) is 0.155. The first-order valence-corrected chi connectivity index (χ1v) is 21.2. The summed E-state index contributed by atoms with van der Waals surface area (Å²) in [7, 11) is -3.48. The summed E-state index contributed by atoms with van der Waals surface area (Å²) in [6.45, 7) is 8.17. The fourth-order valence-electron chi connectivity index (χ4n) is 7.79. The van der Waals surface area contributed by atoms with Crippen molar-refractivity contribution in [3.63, 3.8) is 0 Å². The van der Waals surface area contributed by atoms with Crippen LogP contribution in [0.2, 0.25) is 5.02 Å². The lowest BCUT2D eigenvalue weighted by molar-refractivity contribution is -0.144. The Bertz CT molecular complexity index is 1990. The molecule has 0 amide bonds. The van der Waals surface area contributed by atoms with Crippen LogP contribution < -0.4 is 9.47 Å². The molecule has 1 unspecified atom stereocenters. The number of benzene rings is 2. The molecule has 2 fully saturated rings. The fraction of sp³-hybridized carbons (Fsp3) is 0.476. The van der Waals surface area contributed by atoms with Crippen LogP contribution in [0.4, 0.5) is 0 Å². The molecule has 13 heteroatoms. The first-order chi connectivity index (χ1) is 26.3. The van der Waals surface area contributed by atoms with E-state index in [0.29, 0.717) is 53.8 Å². The third-order valence-corrected chi connectivity index (χ3v) is 12.5. The van der Waals surface area contributed by atoms with E-state index < -0.39 is 32.9 Å². The van der Waals surface area contributed by atoms with Gasteiger partial charge in [-0.15, -0.1) is 0 Å². The summed E-state index contributed by atoms with van der Waals surface area (Å²) in [5.74, 6) is -0.0665. The van der Waals surface area contributed by atoms with Gasteiger partial charge < -0.3 is 29.3 Å². The van der Waals surface area contributed by atoms with Crippen molar-refractivity contribution in [2.75, 3.05) is 45.6 Å². The minimum Gasteiger partial charge on any atom is -0.488 e. The van der Waals surface area contributed by atoms with Gasteiger partial charge >= 0.3 is 5.97 Å². The van der Waals surface area contributed by atoms with Gasteiger partial charge in [0.05, 0.1) is 16.0 Å². The summed E-state index contributed by atoms with van der Waals surface area (Å²) in [5.41, 5.74) is 1.98. The summed E-state index contributed by atoms with van der Waals surface area (Å²) in [6, 6.07) is 14.6. The number of sulfone groups is 1. The second kappa shape index (κ2) is 17.6. The number of carboxylic acids is 1. The van der Waals surface area contributed by atoms with Crippen molar-refractivity contribution in [3.8, 4) is 11.5 Å². The Balaban J connectivity index is 1.29. The van der Waals surface area contributed by atoms with Crippen molar-refractivity contribution in [2.24, 2.45) is 5.41 Å². The van der Waals surface area contributed by atoms with Gasteiger partial charge in [0.2, 0.25) is 0 Å². The van der Waals surface area contributed by atoms with Crippen molar-refractivity contribution in [1.82, 2.24) is 14.8 Å². The number of aliphatic hydroxyl groups excluding tert-OH is 1. The molecule has 3 aromatic rings. The maximum Gasteiger partial charge on any atom is 0.320 e. The van der Waals surface area contributed by atoms with Crippen molar-refractivity contribution < 1.29 is 37.6 Å². The van der Waals surface area contributed by atoms with Crippen LogP contribution in [-0.4, -0.2) is 103 Å². The van der Waals surface area contributed by atoms with Crippen molar-refractivity contribution in [1.29, 1.82) is 0 Å². The third kappa shape index (κ3) is 9.79. The highest BCUT2D eigenvalue weighted by molar-refractivity contribution is 7.90. The summed E-state index contributed by atoms with van der Waals surface area (Å²) < 4.78 is 44.4. The molecule has 2 aromatic carbocycles. The fourth-order valence-corrected chi connectivity index (χ4v) is 8.65. The Morgan fingerprint density at radius 2 is 1.84 bits per heavy atom.